The Kier molecular flexibility index (Phi) is 8.46. The zero-order valence-electron chi connectivity index (χ0n) is 13.7. The number of rotatable bonds is 9. The summed E-state index contributed by atoms with van der Waals surface area (Å²) in [6.45, 7) is 13.1. The summed E-state index contributed by atoms with van der Waals surface area (Å²) in [6, 6.07) is 0.583. The summed E-state index contributed by atoms with van der Waals surface area (Å²) in [7, 11) is 0. The molecule has 1 amide bonds. The molecular formula is C15H30N2O3. The minimum atomic E-state index is -0.786. The van der Waals surface area contributed by atoms with Crippen LogP contribution in [-0.4, -0.2) is 58.0 Å². The summed E-state index contributed by atoms with van der Waals surface area (Å²) in [4.78, 5) is 26.9. The van der Waals surface area contributed by atoms with Crippen LogP contribution < -0.4 is 0 Å². The molecule has 0 rings (SSSR count). The van der Waals surface area contributed by atoms with Gasteiger partial charge in [0.05, 0.1) is 6.54 Å². The van der Waals surface area contributed by atoms with Crippen LogP contribution in [0.25, 0.3) is 0 Å². The first-order chi connectivity index (χ1) is 9.16. The van der Waals surface area contributed by atoms with Gasteiger partial charge in [0, 0.05) is 24.5 Å². The van der Waals surface area contributed by atoms with Crippen molar-refractivity contribution in [2.24, 2.45) is 0 Å². The first kappa shape index (κ1) is 18.9. The van der Waals surface area contributed by atoms with Gasteiger partial charge in [-0.15, -0.1) is 0 Å². The lowest BCUT2D eigenvalue weighted by Gasteiger charge is -2.34. The Morgan fingerprint density at radius 2 is 1.45 bits per heavy atom. The smallest absolute Gasteiger partial charge is 0.303 e. The summed E-state index contributed by atoms with van der Waals surface area (Å²) in [6.07, 6.45) is 0.722. The molecule has 0 aliphatic heterocycles. The van der Waals surface area contributed by atoms with Gasteiger partial charge in [0.2, 0.25) is 5.91 Å². The number of nitrogens with zero attached hydrogens (tertiary/aromatic N) is 2. The molecule has 0 radical (unpaired) electrons. The number of hydrogen-bond donors (Lipinski definition) is 1. The van der Waals surface area contributed by atoms with Crippen LogP contribution in [0.4, 0.5) is 0 Å². The van der Waals surface area contributed by atoms with Crippen LogP contribution in [0.2, 0.25) is 0 Å². The summed E-state index contributed by atoms with van der Waals surface area (Å²) in [5, 5.41) is 8.69. The molecule has 0 aliphatic carbocycles. The van der Waals surface area contributed by atoms with Gasteiger partial charge < -0.3 is 10.0 Å². The fourth-order valence-electron chi connectivity index (χ4n) is 2.38. The maximum absolute atomic E-state index is 12.4. The van der Waals surface area contributed by atoms with Crippen LogP contribution in [0.15, 0.2) is 0 Å². The number of hydrogen-bond acceptors (Lipinski definition) is 3. The van der Waals surface area contributed by atoms with Gasteiger partial charge in [-0.3, -0.25) is 14.5 Å². The van der Waals surface area contributed by atoms with Gasteiger partial charge in [-0.2, -0.15) is 0 Å². The number of carboxylic acid groups (broad SMARTS) is 1. The van der Waals surface area contributed by atoms with E-state index in [-0.39, 0.29) is 30.5 Å². The van der Waals surface area contributed by atoms with Crippen molar-refractivity contribution in [2.45, 2.75) is 72.5 Å². The standard InChI is InChI=1S/C15H30N2O3/c1-11(2)16(9-7-8-15(19)20)10-14(18)17(12(3)4)13(5)6/h11-13H,7-10H2,1-6H3,(H,19,20). The van der Waals surface area contributed by atoms with E-state index in [1.807, 2.05) is 51.3 Å². The molecule has 0 bridgehead atoms. The molecule has 118 valence electrons. The summed E-state index contributed by atoms with van der Waals surface area (Å²) in [5.74, 6) is -0.676. The number of carbonyl (C=O) groups excluding carboxylic acids is 1. The van der Waals surface area contributed by atoms with Crippen LogP contribution >= 0.6 is 0 Å². The lowest BCUT2D eigenvalue weighted by Crippen LogP contribution is -2.48. The molecule has 0 saturated heterocycles. The van der Waals surface area contributed by atoms with E-state index >= 15 is 0 Å². The molecule has 0 aromatic rings. The van der Waals surface area contributed by atoms with Gasteiger partial charge in [-0.05, 0) is 54.5 Å². The highest BCUT2D eigenvalue weighted by Crippen LogP contribution is 2.09. The molecule has 20 heavy (non-hydrogen) atoms. The zero-order valence-corrected chi connectivity index (χ0v) is 13.7. The molecular weight excluding hydrogens is 256 g/mol. The predicted molar refractivity (Wildman–Crippen MR) is 80.7 cm³/mol. The second-order valence-electron chi connectivity index (χ2n) is 6.05. The van der Waals surface area contributed by atoms with Crippen molar-refractivity contribution in [3.05, 3.63) is 0 Å². The Morgan fingerprint density at radius 3 is 1.80 bits per heavy atom. The van der Waals surface area contributed by atoms with Crippen LogP contribution in [0, 0.1) is 0 Å². The maximum Gasteiger partial charge on any atom is 0.303 e. The molecule has 5 nitrogen and oxygen atoms in total. The van der Waals surface area contributed by atoms with E-state index in [4.69, 9.17) is 5.11 Å². The first-order valence-corrected chi connectivity index (χ1v) is 7.43. The molecule has 0 atom stereocenters. The second kappa shape index (κ2) is 8.95. The molecule has 0 aromatic carbocycles. The topological polar surface area (TPSA) is 60.9 Å². The third kappa shape index (κ3) is 6.89. The Labute approximate surface area is 122 Å². The second-order valence-corrected chi connectivity index (χ2v) is 6.05. The van der Waals surface area contributed by atoms with Gasteiger partial charge in [-0.1, -0.05) is 0 Å². The number of carbonyl (C=O) groups is 2. The van der Waals surface area contributed by atoms with E-state index in [0.29, 0.717) is 19.5 Å². The summed E-state index contributed by atoms with van der Waals surface area (Å²) in [5.41, 5.74) is 0. The average molecular weight is 286 g/mol. The van der Waals surface area contributed by atoms with Crippen LogP contribution in [0.3, 0.4) is 0 Å². The van der Waals surface area contributed by atoms with Gasteiger partial charge in [0.25, 0.3) is 0 Å². The lowest BCUT2D eigenvalue weighted by atomic mass is 10.2. The van der Waals surface area contributed by atoms with Crippen molar-refractivity contribution in [1.82, 2.24) is 9.80 Å². The predicted octanol–water partition coefficient (Wildman–Crippen LogP) is 2.21. The highest BCUT2D eigenvalue weighted by atomic mass is 16.4. The molecule has 0 spiro atoms. The van der Waals surface area contributed by atoms with E-state index in [2.05, 4.69) is 0 Å². The van der Waals surface area contributed by atoms with Crippen molar-refractivity contribution < 1.29 is 14.7 Å². The van der Waals surface area contributed by atoms with Crippen molar-refractivity contribution in [3.8, 4) is 0 Å². The molecule has 5 heteroatoms. The van der Waals surface area contributed by atoms with Crippen LogP contribution in [0.5, 0.6) is 0 Å². The Hall–Kier alpha value is -1.10. The molecule has 0 saturated carbocycles. The minimum Gasteiger partial charge on any atom is -0.481 e. The Morgan fingerprint density at radius 1 is 0.950 bits per heavy atom. The minimum absolute atomic E-state index is 0.110. The Balaban J connectivity index is 4.57. The highest BCUT2D eigenvalue weighted by Gasteiger charge is 2.23. The molecule has 0 fully saturated rings. The third-order valence-corrected chi connectivity index (χ3v) is 3.31. The molecule has 0 aromatic heterocycles. The van der Waals surface area contributed by atoms with Crippen molar-refractivity contribution in [2.75, 3.05) is 13.1 Å². The monoisotopic (exact) mass is 286 g/mol. The summed E-state index contributed by atoms with van der Waals surface area (Å²) >= 11 is 0. The van der Waals surface area contributed by atoms with E-state index in [1.165, 1.54) is 0 Å². The lowest BCUT2D eigenvalue weighted by molar-refractivity contribution is -0.137. The number of amides is 1. The van der Waals surface area contributed by atoms with Crippen molar-refractivity contribution in [3.63, 3.8) is 0 Å². The van der Waals surface area contributed by atoms with E-state index in [0.717, 1.165) is 0 Å². The number of carboxylic acids is 1. The molecule has 0 heterocycles. The van der Waals surface area contributed by atoms with Gasteiger partial charge in [0.15, 0.2) is 0 Å². The Bertz CT molecular complexity index is 306. The molecule has 0 aliphatic rings. The molecule has 0 unspecified atom stereocenters. The van der Waals surface area contributed by atoms with Gasteiger partial charge in [0.1, 0.15) is 0 Å². The third-order valence-electron chi connectivity index (χ3n) is 3.31. The molecule has 1 N–H and O–H groups in total. The van der Waals surface area contributed by atoms with Gasteiger partial charge >= 0.3 is 5.97 Å². The van der Waals surface area contributed by atoms with E-state index in [1.54, 1.807) is 0 Å². The first-order valence-electron chi connectivity index (χ1n) is 7.43. The maximum atomic E-state index is 12.4. The van der Waals surface area contributed by atoms with Crippen molar-refractivity contribution >= 4 is 11.9 Å². The normalized spacial score (nSPS) is 11.7. The summed E-state index contributed by atoms with van der Waals surface area (Å²) < 4.78 is 0. The van der Waals surface area contributed by atoms with Gasteiger partial charge in [-0.25, -0.2) is 0 Å². The largest absolute Gasteiger partial charge is 0.481 e. The average Bonchev–Trinajstić information content (AvgIpc) is 2.25. The van der Waals surface area contributed by atoms with Crippen LogP contribution in [-0.2, 0) is 9.59 Å². The van der Waals surface area contributed by atoms with E-state index in [9.17, 15) is 9.59 Å². The van der Waals surface area contributed by atoms with Crippen LogP contribution in [0.1, 0.15) is 54.4 Å². The fraction of sp³-hybridized carbons (Fsp3) is 0.867. The SMILES string of the molecule is CC(C)N(CCCC(=O)O)CC(=O)N(C(C)C)C(C)C. The fourth-order valence-corrected chi connectivity index (χ4v) is 2.38. The quantitative estimate of drug-likeness (QED) is 0.706. The number of aliphatic carboxylic acids is 1. The van der Waals surface area contributed by atoms with E-state index < -0.39 is 5.97 Å². The van der Waals surface area contributed by atoms with Crippen molar-refractivity contribution in [1.29, 1.82) is 0 Å². The highest BCUT2D eigenvalue weighted by molar-refractivity contribution is 5.78. The zero-order chi connectivity index (χ0) is 15.9.